The normalized spacial score (nSPS) is 11.7. The van der Waals surface area contributed by atoms with E-state index in [1.54, 1.807) is 19.1 Å². The number of amides is 1. The van der Waals surface area contributed by atoms with Crippen LogP contribution in [0, 0.1) is 20.8 Å². The van der Waals surface area contributed by atoms with Gasteiger partial charge in [0.1, 0.15) is 9.71 Å². The van der Waals surface area contributed by atoms with Crippen LogP contribution in [0.15, 0.2) is 29.2 Å². The van der Waals surface area contributed by atoms with Crippen LogP contribution in [0.2, 0.25) is 0 Å². The van der Waals surface area contributed by atoms with Crippen LogP contribution in [0.3, 0.4) is 0 Å². The van der Waals surface area contributed by atoms with Gasteiger partial charge in [-0.2, -0.15) is 0 Å². The first-order valence-corrected chi connectivity index (χ1v) is 11.8. The molecule has 170 valence electrons. The van der Waals surface area contributed by atoms with Crippen molar-refractivity contribution >= 4 is 54.8 Å². The third-order valence-corrected chi connectivity index (χ3v) is 7.81. The first-order chi connectivity index (χ1) is 14.9. The number of nitrogens with one attached hydrogen (secondary N) is 1. The molecule has 0 atom stereocenters. The maximum atomic E-state index is 12.5. The number of carbonyl (C=O) groups excluding carboxylic acids is 2. The molecule has 3 N–H and O–H groups in total. The van der Waals surface area contributed by atoms with Crippen molar-refractivity contribution < 1.29 is 22.7 Å². The van der Waals surface area contributed by atoms with E-state index >= 15 is 0 Å². The molecule has 0 aliphatic heterocycles. The zero-order valence-corrected chi connectivity index (χ0v) is 20.0. The molecular weight excluding hydrogens is 452 g/mol. The van der Waals surface area contributed by atoms with Crippen LogP contribution in [0.4, 0.5) is 11.4 Å². The number of aryl methyl sites for hydroxylation is 3. The molecule has 3 aromatic rings. The van der Waals surface area contributed by atoms with Crippen molar-refractivity contribution in [3.63, 3.8) is 0 Å². The van der Waals surface area contributed by atoms with Crippen LogP contribution >= 0.6 is 11.3 Å². The number of benzene rings is 1. The zero-order valence-electron chi connectivity index (χ0n) is 18.3. The summed E-state index contributed by atoms with van der Waals surface area (Å²) in [4.78, 5) is 30.1. The van der Waals surface area contributed by atoms with Gasteiger partial charge in [-0.05, 0) is 50.1 Å². The summed E-state index contributed by atoms with van der Waals surface area (Å²) in [6.45, 7) is 4.85. The van der Waals surface area contributed by atoms with Gasteiger partial charge in [0, 0.05) is 30.9 Å². The van der Waals surface area contributed by atoms with Gasteiger partial charge in [-0.25, -0.2) is 22.5 Å². The monoisotopic (exact) mass is 476 g/mol. The maximum absolute atomic E-state index is 12.5. The summed E-state index contributed by atoms with van der Waals surface area (Å²) < 4.78 is 31.1. The number of nitrogens with two attached hydrogens (primary N) is 1. The van der Waals surface area contributed by atoms with Crippen molar-refractivity contribution in [3.05, 3.63) is 46.0 Å². The van der Waals surface area contributed by atoms with Gasteiger partial charge in [-0.15, -0.1) is 11.3 Å². The van der Waals surface area contributed by atoms with Gasteiger partial charge in [0.25, 0.3) is 5.91 Å². The second-order valence-corrected chi connectivity index (χ2v) is 10.6. The van der Waals surface area contributed by atoms with Crippen LogP contribution in [0.1, 0.15) is 26.5 Å². The summed E-state index contributed by atoms with van der Waals surface area (Å²) in [7, 11) is -0.817. The molecule has 11 heteroatoms. The number of nitrogen functional groups attached to an aromatic ring is 1. The highest BCUT2D eigenvalue weighted by Gasteiger charge is 2.22. The van der Waals surface area contributed by atoms with E-state index in [1.807, 2.05) is 19.9 Å². The first-order valence-electron chi connectivity index (χ1n) is 9.58. The van der Waals surface area contributed by atoms with E-state index in [0.717, 1.165) is 26.9 Å². The molecule has 0 saturated carbocycles. The van der Waals surface area contributed by atoms with Crippen LogP contribution in [-0.2, 0) is 19.6 Å². The lowest BCUT2D eigenvalue weighted by molar-refractivity contribution is -0.119. The third kappa shape index (κ3) is 4.59. The van der Waals surface area contributed by atoms with Crippen LogP contribution < -0.4 is 11.1 Å². The molecule has 0 spiro atoms. The van der Waals surface area contributed by atoms with E-state index in [0.29, 0.717) is 15.8 Å². The quantitative estimate of drug-likeness (QED) is 0.523. The number of rotatable bonds is 6. The van der Waals surface area contributed by atoms with Crippen molar-refractivity contribution in [2.75, 3.05) is 31.8 Å². The molecule has 2 aromatic heterocycles. The summed E-state index contributed by atoms with van der Waals surface area (Å²) in [5, 5.41) is 3.25. The largest absolute Gasteiger partial charge is 0.451 e. The van der Waals surface area contributed by atoms with Crippen LogP contribution in [-0.4, -0.2) is 50.3 Å². The van der Waals surface area contributed by atoms with Crippen molar-refractivity contribution in [1.29, 1.82) is 0 Å². The molecule has 0 aliphatic rings. The molecule has 32 heavy (non-hydrogen) atoms. The Morgan fingerprint density at radius 2 is 1.84 bits per heavy atom. The molecule has 0 radical (unpaired) electrons. The summed E-state index contributed by atoms with van der Waals surface area (Å²) in [6, 6.07) is 6.41. The van der Waals surface area contributed by atoms with Gasteiger partial charge in [-0.3, -0.25) is 4.79 Å². The summed E-state index contributed by atoms with van der Waals surface area (Å²) in [5.74, 6) is -1.34. The number of anilines is 2. The van der Waals surface area contributed by atoms with Crippen molar-refractivity contribution in [3.8, 4) is 0 Å². The Morgan fingerprint density at radius 1 is 1.16 bits per heavy atom. The Bertz CT molecular complexity index is 1330. The summed E-state index contributed by atoms with van der Waals surface area (Å²) >= 11 is 1.11. The Kier molecular flexibility index (Phi) is 6.54. The first kappa shape index (κ1) is 23.6. The Balaban J connectivity index is 1.72. The highest BCUT2D eigenvalue weighted by Crippen LogP contribution is 2.35. The minimum atomic E-state index is -3.67. The number of hydrogen-bond donors (Lipinski definition) is 2. The van der Waals surface area contributed by atoms with Gasteiger partial charge in [-0.1, -0.05) is 6.07 Å². The zero-order chi connectivity index (χ0) is 23.8. The van der Waals surface area contributed by atoms with E-state index < -0.39 is 28.5 Å². The van der Waals surface area contributed by atoms with Gasteiger partial charge in [0.2, 0.25) is 10.0 Å². The fourth-order valence-electron chi connectivity index (χ4n) is 3.17. The summed E-state index contributed by atoms with van der Waals surface area (Å²) in [6.07, 6.45) is 0. The van der Waals surface area contributed by atoms with Gasteiger partial charge in [0.15, 0.2) is 6.61 Å². The number of fused-ring (bicyclic) bond motifs is 1. The number of pyridine rings is 1. The number of ether oxygens (including phenoxy) is 1. The molecular formula is C21H24N4O5S2. The number of sulfonamides is 1. The molecule has 0 fully saturated rings. The molecule has 3 rings (SSSR count). The fourth-order valence-corrected chi connectivity index (χ4v) is 5.42. The average Bonchev–Trinajstić information content (AvgIpc) is 3.03. The molecule has 0 aliphatic carbocycles. The Labute approximate surface area is 190 Å². The number of esters is 1. The van der Waals surface area contributed by atoms with Gasteiger partial charge < -0.3 is 15.8 Å². The number of nitrogens with zero attached hydrogens (tertiary/aromatic N) is 2. The predicted molar refractivity (Wildman–Crippen MR) is 124 cm³/mol. The van der Waals surface area contributed by atoms with Crippen molar-refractivity contribution in [2.24, 2.45) is 0 Å². The minimum absolute atomic E-state index is 0.0773. The molecule has 0 bridgehead atoms. The highest BCUT2D eigenvalue weighted by molar-refractivity contribution is 7.89. The minimum Gasteiger partial charge on any atom is -0.451 e. The molecule has 0 saturated heterocycles. The lowest BCUT2D eigenvalue weighted by Crippen LogP contribution is -2.24. The number of aromatic nitrogens is 1. The molecule has 1 amide bonds. The number of carbonyl (C=O) groups is 2. The molecule has 9 nitrogen and oxygen atoms in total. The lowest BCUT2D eigenvalue weighted by Gasteiger charge is -2.15. The topological polar surface area (TPSA) is 132 Å². The van der Waals surface area contributed by atoms with E-state index in [9.17, 15) is 18.0 Å². The standard InChI is InChI=1S/C21H24N4O5S2/c1-11-6-7-14(9-15(11)32(28,29)25(4)5)24-16(26)10-30-21(27)19-18(22)17-12(2)8-13(3)23-20(17)31-19/h6-9H,10,22H2,1-5H3,(H,24,26). The van der Waals surface area contributed by atoms with Gasteiger partial charge in [0.05, 0.1) is 10.6 Å². The van der Waals surface area contributed by atoms with E-state index in [4.69, 9.17) is 10.5 Å². The van der Waals surface area contributed by atoms with Crippen molar-refractivity contribution in [2.45, 2.75) is 25.7 Å². The maximum Gasteiger partial charge on any atom is 0.351 e. The van der Waals surface area contributed by atoms with E-state index in [2.05, 4.69) is 10.3 Å². The van der Waals surface area contributed by atoms with Crippen LogP contribution in [0.25, 0.3) is 10.2 Å². The molecule has 1 aromatic carbocycles. The predicted octanol–water partition coefficient (Wildman–Crippen LogP) is 2.85. The van der Waals surface area contributed by atoms with Gasteiger partial charge >= 0.3 is 5.97 Å². The summed E-state index contributed by atoms with van der Waals surface area (Å²) in [5.41, 5.74) is 8.93. The second-order valence-electron chi connectivity index (χ2n) is 7.50. The lowest BCUT2D eigenvalue weighted by atomic mass is 10.1. The second kappa shape index (κ2) is 8.85. The SMILES string of the molecule is Cc1cc(C)c2c(N)c(C(=O)OCC(=O)Nc3ccc(C)c(S(=O)(=O)N(C)C)c3)sc2n1. The third-order valence-electron chi connectivity index (χ3n) is 4.77. The molecule has 2 heterocycles. The number of thiophene rings is 1. The highest BCUT2D eigenvalue weighted by atomic mass is 32.2. The average molecular weight is 477 g/mol. The molecule has 0 unspecified atom stereocenters. The fraction of sp³-hybridized carbons (Fsp3) is 0.286. The van der Waals surface area contributed by atoms with E-state index in [1.165, 1.54) is 20.2 Å². The Hall–Kier alpha value is -3.02. The Morgan fingerprint density at radius 3 is 2.50 bits per heavy atom. The number of hydrogen-bond acceptors (Lipinski definition) is 8. The van der Waals surface area contributed by atoms with E-state index in [-0.39, 0.29) is 21.1 Å². The van der Waals surface area contributed by atoms with Crippen molar-refractivity contribution in [1.82, 2.24) is 9.29 Å². The van der Waals surface area contributed by atoms with Crippen LogP contribution in [0.5, 0.6) is 0 Å². The smallest absolute Gasteiger partial charge is 0.351 e.